The van der Waals surface area contributed by atoms with Gasteiger partial charge in [0.25, 0.3) is 5.91 Å². The molecule has 2 rings (SSSR count). The van der Waals surface area contributed by atoms with Crippen molar-refractivity contribution in [2.75, 3.05) is 0 Å². The second-order valence-corrected chi connectivity index (χ2v) is 5.39. The maximum Gasteiger partial charge on any atom is 0.387 e. The van der Waals surface area contributed by atoms with Crippen LogP contribution in [0.4, 0.5) is 8.78 Å². The lowest BCUT2D eigenvalue weighted by atomic mass is 9.95. The first-order valence-electron chi connectivity index (χ1n) is 7.08. The van der Waals surface area contributed by atoms with Gasteiger partial charge in [0.15, 0.2) is 0 Å². The number of halogens is 2. The number of hydrogen-bond acceptors (Lipinski definition) is 3. The van der Waals surface area contributed by atoms with Gasteiger partial charge in [-0.3, -0.25) is 4.79 Å². The molecule has 0 spiro atoms. The largest absolute Gasteiger partial charge is 0.434 e. The first-order chi connectivity index (χ1) is 9.97. The van der Waals surface area contributed by atoms with E-state index in [0.717, 1.165) is 12.8 Å². The van der Waals surface area contributed by atoms with E-state index in [1.807, 2.05) is 6.92 Å². The highest BCUT2D eigenvalue weighted by atomic mass is 19.3. The van der Waals surface area contributed by atoms with E-state index in [2.05, 4.69) is 22.3 Å². The van der Waals surface area contributed by atoms with Crippen LogP contribution in [0.5, 0.6) is 5.75 Å². The molecule has 1 heterocycles. The Hall–Kier alpha value is -1.69. The van der Waals surface area contributed by atoms with Crippen LogP contribution < -0.4 is 15.4 Å². The number of ether oxygens (including phenoxy) is 1. The Morgan fingerprint density at radius 3 is 2.71 bits per heavy atom. The highest BCUT2D eigenvalue weighted by molar-refractivity contribution is 5.97. The number of rotatable bonds is 4. The molecule has 3 atom stereocenters. The lowest BCUT2D eigenvalue weighted by molar-refractivity contribution is -0.0501. The van der Waals surface area contributed by atoms with Gasteiger partial charge in [-0.25, -0.2) is 0 Å². The molecule has 6 heteroatoms. The maximum absolute atomic E-state index is 12.4. The molecular formula is C15H20F2N2O2. The molecule has 4 nitrogen and oxygen atoms in total. The molecule has 0 saturated carbocycles. The van der Waals surface area contributed by atoms with Gasteiger partial charge in [-0.2, -0.15) is 8.78 Å². The Morgan fingerprint density at radius 1 is 1.33 bits per heavy atom. The molecule has 1 aromatic rings. The molecule has 0 bridgehead atoms. The summed E-state index contributed by atoms with van der Waals surface area (Å²) in [4.78, 5) is 12.3. The van der Waals surface area contributed by atoms with Crippen LogP contribution in [0.15, 0.2) is 24.3 Å². The standard InChI is InChI=1S/C15H20F2N2O2/c1-9-7-8-12(10(2)18-9)19-14(20)11-5-3-4-6-13(11)21-15(16)17/h3-6,9-10,12,15,18H,7-8H2,1-2H3,(H,19,20). The van der Waals surface area contributed by atoms with Gasteiger partial charge in [-0.15, -0.1) is 0 Å². The van der Waals surface area contributed by atoms with Crippen molar-refractivity contribution in [1.82, 2.24) is 10.6 Å². The van der Waals surface area contributed by atoms with E-state index in [1.165, 1.54) is 12.1 Å². The first-order valence-corrected chi connectivity index (χ1v) is 7.08. The third kappa shape index (κ3) is 4.14. The number of amides is 1. The van der Waals surface area contributed by atoms with Crippen LogP contribution in [0.3, 0.4) is 0 Å². The molecule has 116 valence electrons. The number of para-hydroxylation sites is 1. The Morgan fingerprint density at radius 2 is 2.05 bits per heavy atom. The highest BCUT2D eigenvalue weighted by Gasteiger charge is 2.27. The summed E-state index contributed by atoms with van der Waals surface area (Å²) in [6.07, 6.45) is 1.82. The topological polar surface area (TPSA) is 50.4 Å². The third-order valence-corrected chi connectivity index (χ3v) is 3.73. The fourth-order valence-corrected chi connectivity index (χ4v) is 2.62. The van der Waals surface area contributed by atoms with Crippen LogP contribution >= 0.6 is 0 Å². The summed E-state index contributed by atoms with van der Waals surface area (Å²) in [6.45, 7) is 1.15. The Bertz CT molecular complexity index is 496. The monoisotopic (exact) mass is 298 g/mol. The molecule has 0 aliphatic carbocycles. The van der Waals surface area contributed by atoms with Gasteiger partial charge in [-0.05, 0) is 38.8 Å². The van der Waals surface area contributed by atoms with Crippen LogP contribution in [0, 0.1) is 0 Å². The highest BCUT2D eigenvalue weighted by Crippen LogP contribution is 2.21. The van der Waals surface area contributed by atoms with Gasteiger partial charge < -0.3 is 15.4 Å². The van der Waals surface area contributed by atoms with Crippen molar-refractivity contribution in [3.63, 3.8) is 0 Å². The zero-order valence-corrected chi connectivity index (χ0v) is 12.1. The van der Waals surface area contributed by atoms with Crippen LogP contribution in [0.1, 0.15) is 37.0 Å². The van der Waals surface area contributed by atoms with E-state index in [-0.39, 0.29) is 29.3 Å². The van der Waals surface area contributed by atoms with Crippen molar-refractivity contribution in [1.29, 1.82) is 0 Å². The Labute approximate surface area is 122 Å². The van der Waals surface area contributed by atoms with Crippen molar-refractivity contribution in [2.24, 2.45) is 0 Å². The average molecular weight is 298 g/mol. The summed E-state index contributed by atoms with van der Waals surface area (Å²) in [5, 5.41) is 6.26. The number of carbonyl (C=O) groups excluding carboxylic acids is 1. The maximum atomic E-state index is 12.4. The van der Waals surface area contributed by atoms with Crippen LogP contribution in [0.25, 0.3) is 0 Å². The zero-order valence-electron chi connectivity index (χ0n) is 12.1. The van der Waals surface area contributed by atoms with Crippen molar-refractivity contribution >= 4 is 5.91 Å². The predicted molar refractivity (Wildman–Crippen MR) is 75.6 cm³/mol. The molecule has 1 fully saturated rings. The molecule has 3 unspecified atom stereocenters. The lowest BCUT2D eigenvalue weighted by Crippen LogP contribution is -2.54. The summed E-state index contributed by atoms with van der Waals surface area (Å²) in [5.41, 5.74) is 0.128. The van der Waals surface area contributed by atoms with Crippen molar-refractivity contribution in [3.8, 4) is 5.75 Å². The average Bonchev–Trinajstić information content (AvgIpc) is 2.42. The molecule has 1 aliphatic rings. The Kier molecular flexibility index (Phi) is 5.12. The van der Waals surface area contributed by atoms with Crippen LogP contribution in [-0.2, 0) is 0 Å². The molecule has 2 N–H and O–H groups in total. The van der Waals surface area contributed by atoms with Gasteiger partial charge in [-0.1, -0.05) is 12.1 Å². The number of nitrogens with one attached hydrogen (secondary N) is 2. The van der Waals surface area contributed by atoms with Gasteiger partial charge >= 0.3 is 6.61 Å². The SMILES string of the molecule is CC1CCC(NC(=O)c2ccccc2OC(F)F)C(C)N1. The fourth-order valence-electron chi connectivity index (χ4n) is 2.62. The second kappa shape index (κ2) is 6.85. The molecule has 21 heavy (non-hydrogen) atoms. The van der Waals surface area contributed by atoms with Gasteiger partial charge in [0.2, 0.25) is 0 Å². The quantitative estimate of drug-likeness (QED) is 0.898. The van der Waals surface area contributed by atoms with Crippen LogP contribution in [-0.4, -0.2) is 30.6 Å². The summed E-state index contributed by atoms with van der Waals surface area (Å²) in [6, 6.07) is 6.57. The van der Waals surface area contributed by atoms with E-state index >= 15 is 0 Å². The number of benzene rings is 1. The molecule has 1 aromatic carbocycles. The summed E-state index contributed by atoms with van der Waals surface area (Å²) < 4.78 is 29.1. The molecule has 1 aliphatic heterocycles. The zero-order chi connectivity index (χ0) is 15.4. The number of alkyl halides is 2. The number of piperidine rings is 1. The minimum atomic E-state index is -2.95. The molecular weight excluding hydrogens is 278 g/mol. The minimum Gasteiger partial charge on any atom is -0.434 e. The number of carbonyl (C=O) groups is 1. The van der Waals surface area contributed by atoms with E-state index < -0.39 is 6.61 Å². The van der Waals surface area contributed by atoms with E-state index in [1.54, 1.807) is 12.1 Å². The van der Waals surface area contributed by atoms with Crippen molar-refractivity contribution in [2.45, 2.75) is 51.4 Å². The Balaban J connectivity index is 2.06. The van der Waals surface area contributed by atoms with Gasteiger partial charge in [0, 0.05) is 18.1 Å². The van der Waals surface area contributed by atoms with E-state index in [9.17, 15) is 13.6 Å². The van der Waals surface area contributed by atoms with Crippen molar-refractivity contribution in [3.05, 3.63) is 29.8 Å². The van der Waals surface area contributed by atoms with Crippen molar-refractivity contribution < 1.29 is 18.3 Å². The molecule has 0 aromatic heterocycles. The smallest absolute Gasteiger partial charge is 0.387 e. The van der Waals surface area contributed by atoms with Gasteiger partial charge in [0.05, 0.1) is 5.56 Å². The lowest BCUT2D eigenvalue weighted by Gasteiger charge is -2.34. The summed E-state index contributed by atoms with van der Waals surface area (Å²) in [5.74, 6) is -0.491. The third-order valence-electron chi connectivity index (χ3n) is 3.73. The van der Waals surface area contributed by atoms with Gasteiger partial charge in [0.1, 0.15) is 5.75 Å². The fraction of sp³-hybridized carbons (Fsp3) is 0.533. The first kappa shape index (κ1) is 15.7. The normalized spacial score (nSPS) is 25.7. The van der Waals surface area contributed by atoms with E-state index in [0.29, 0.717) is 6.04 Å². The molecule has 0 radical (unpaired) electrons. The molecule has 1 amide bonds. The molecule has 1 saturated heterocycles. The second-order valence-electron chi connectivity index (χ2n) is 5.39. The summed E-state index contributed by atoms with van der Waals surface area (Å²) in [7, 11) is 0. The summed E-state index contributed by atoms with van der Waals surface area (Å²) >= 11 is 0. The predicted octanol–water partition coefficient (Wildman–Crippen LogP) is 2.55. The minimum absolute atomic E-state index is 0.0201. The van der Waals surface area contributed by atoms with Crippen LogP contribution in [0.2, 0.25) is 0 Å². The van der Waals surface area contributed by atoms with E-state index in [4.69, 9.17) is 0 Å². The number of hydrogen-bond donors (Lipinski definition) is 2.